The van der Waals surface area contributed by atoms with E-state index in [1.165, 1.54) is 141 Å². The largest absolute Gasteiger partial charge is 0.472 e. The van der Waals surface area contributed by atoms with E-state index in [1.54, 1.807) is 0 Å². The van der Waals surface area contributed by atoms with Crippen molar-refractivity contribution in [2.24, 2.45) is 0 Å². The molecule has 2 N–H and O–H groups in total. The Morgan fingerprint density at radius 1 is 0.359 bits per heavy atom. The van der Waals surface area contributed by atoms with Crippen LogP contribution in [0.15, 0.2) is 60.8 Å². The number of hydrogen-bond acceptors (Lipinski definition) is 10. The molecule has 0 aliphatic carbocycles. The van der Waals surface area contributed by atoms with Crippen molar-refractivity contribution >= 4 is 25.7 Å². The van der Waals surface area contributed by atoms with Crippen LogP contribution in [-0.4, -0.2) is 66.5 Å². The Labute approximate surface area is 478 Å². The normalized spacial score (nSPS) is 13.7. The van der Waals surface area contributed by atoms with Crippen LogP contribution in [0.5, 0.6) is 0 Å². The lowest BCUT2D eigenvalue weighted by Crippen LogP contribution is -2.30. The topological polar surface area (TPSA) is 155 Å². The van der Waals surface area contributed by atoms with E-state index in [0.29, 0.717) is 19.3 Å². The van der Waals surface area contributed by atoms with Crippen molar-refractivity contribution in [1.82, 2.24) is 0 Å². The minimum Gasteiger partial charge on any atom is -0.462 e. The summed E-state index contributed by atoms with van der Waals surface area (Å²) >= 11 is 0. The molecule has 0 aliphatic rings. The van der Waals surface area contributed by atoms with Gasteiger partial charge in [-0.25, -0.2) is 4.57 Å². The summed E-state index contributed by atoms with van der Waals surface area (Å²) in [4.78, 5) is 48.7. The molecule has 3 atom stereocenters. The molecule has 0 amide bonds. The van der Waals surface area contributed by atoms with Crippen LogP contribution in [0.1, 0.15) is 303 Å². The van der Waals surface area contributed by atoms with Crippen molar-refractivity contribution in [3.8, 4) is 0 Å². The summed E-state index contributed by atoms with van der Waals surface area (Å²) < 4.78 is 39.7. The highest BCUT2D eigenvalue weighted by molar-refractivity contribution is 7.47. The van der Waals surface area contributed by atoms with Crippen molar-refractivity contribution in [1.29, 1.82) is 0 Å². The number of phosphoric acid groups is 1. The molecule has 78 heavy (non-hydrogen) atoms. The third-order valence-corrected chi connectivity index (χ3v) is 14.8. The van der Waals surface area contributed by atoms with E-state index in [2.05, 4.69) is 81.5 Å². The van der Waals surface area contributed by atoms with Crippen molar-refractivity contribution < 1.29 is 52.2 Å². The van der Waals surface area contributed by atoms with Gasteiger partial charge in [-0.2, -0.15) is 0 Å². The first-order valence-electron chi connectivity index (χ1n) is 32.2. The summed E-state index contributed by atoms with van der Waals surface area (Å²) in [5.41, 5.74) is 0. The number of carbonyl (C=O) groups excluding carboxylic acids is 3. The van der Waals surface area contributed by atoms with E-state index in [9.17, 15) is 28.9 Å². The van der Waals surface area contributed by atoms with Gasteiger partial charge in [0.15, 0.2) is 6.10 Å². The van der Waals surface area contributed by atoms with Crippen LogP contribution in [-0.2, 0) is 42.2 Å². The van der Waals surface area contributed by atoms with E-state index < -0.39 is 57.8 Å². The summed E-state index contributed by atoms with van der Waals surface area (Å²) in [6, 6.07) is 0. The molecule has 3 unspecified atom stereocenters. The van der Waals surface area contributed by atoms with Gasteiger partial charge in [-0.3, -0.25) is 23.4 Å². The van der Waals surface area contributed by atoms with Crippen molar-refractivity contribution in [3.05, 3.63) is 60.8 Å². The van der Waals surface area contributed by atoms with Gasteiger partial charge in [0.2, 0.25) is 0 Å². The second-order valence-corrected chi connectivity index (χ2v) is 23.0. The highest BCUT2D eigenvalue weighted by Crippen LogP contribution is 2.43. The Kier molecular flexibility index (Phi) is 58.1. The average molecular weight is 1120 g/mol. The lowest BCUT2D eigenvalue weighted by molar-refractivity contribution is -0.161. The number of unbranched alkanes of at least 4 members (excludes halogenated alkanes) is 33. The maximum absolute atomic E-state index is 12.9. The van der Waals surface area contributed by atoms with Gasteiger partial charge in [-0.05, 0) is 109 Å². The number of esters is 3. The molecule has 454 valence electrons. The number of allylic oxidation sites excluding steroid dienone is 10. The Balaban J connectivity index is 4.71. The maximum Gasteiger partial charge on any atom is 0.472 e. The predicted molar refractivity (Wildman–Crippen MR) is 325 cm³/mol. The minimum atomic E-state index is -4.76. The van der Waals surface area contributed by atoms with Crippen LogP contribution >= 0.6 is 7.82 Å². The Morgan fingerprint density at radius 3 is 0.987 bits per heavy atom. The standard InChI is InChI=1S/C66H119O11P/c1-4-7-10-13-16-19-22-25-28-30-31-33-35-37-40-43-46-49-52-55-64(68)73-59-63(77-66(70)57-54-51-48-45-42-39-36-32-29-26-23-20-17-14-11-8-5-2)61-75-78(71,72)74-60-62(58-67)76-65(69)56-53-50-47-44-41-38-34-27-24-21-18-15-12-9-6-3/h17-18,20-21,25-29,34,62-63,67H,4-16,19,22-24,30-33,35-61H2,1-3H3,(H,71,72)/b20-17-,21-18-,28-25-,29-26-,34-27-. The summed E-state index contributed by atoms with van der Waals surface area (Å²) in [5, 5.41) is 9.84. The monoisotopic (exact) mass is 1120 g/mol. The van der Waals surface area contributed by atoms with Crippen LogP contribution in [0.4, 0.5) is 0 Å². The Bertz CT molecular complexity index is 1540. The summed E-state index contributed by atoms with van der Waals surface area (Å²) in [5.74, 6) is -1.48. The zero-order valence-corrected chi connectivity index (χ0v) is 51.3. The third-order valence-electron chi connectivity index (χ3n) is 13.9. The Hall–Kier alpha value is -2.82. The van der Waals surface area contributed by atoms with Crippen LogP contribution in [0.25, 0.3) is 0 Å². The third kappa shape index (κ3) is 57.9. The van der Waals surface area contributed by atoms with Gasteiger partial charge in [0, 0.05) is 19.3 Å². The first kappa shape index (κ1) is 75.2. The summed E-state index contributed by atoms with van der Waals surface area (Å²) in [6.45, 7) is 4.61. The van der Waals surface area contributed by atoms with Gasteiger partial charge in [0.1, 0.15) is 12.7 Å². The number of carbonyl (C=O) groups is 3. The van der Waals surface area contributed by atoms with Crippen molar-refractivity contribution in [2.75, 3.05) is 26.4 Å². The van der Waals surface area contributed by atoms with E-state index in [0.717, 1.165) is 103 Å². The number of ether oxygens (including phenoxy) is 3. The molecule has 0 aliphatic heterocycles. The second-order valence-electron chi connectivity index (χ2n) is 21.6. The van der Waals surface area contributed by atoms with E-state index in [4.69, 9.17) is 23.3 Å². The molecule has 11 nitrogen and oxygen atoms in total. The molecule has 0 spiro atoms. The molecular formula is C66H119O11P. The molecule has 0 aromatic rings. The van der Waals surface area contributed by atoms with Crippen molar-refractivity contribution in [3.63, 3.8) is 0 Å². The first-order valence-corrected chi connectivity index (χ1v) is 33.7. The van der Waals surface area contributed by atoms with Crippen LogP contribution < -0.4 is 0 Å². The number of rotatable bonds is 60. The predicted octanol–water partition coefficient (Wildman–Crippen LogP) is 19.5. The van der Waals surface area contributed by atoms with Gasteiger partial charge in [-0.15, -0.1) is 0 Å². The van der Waals surface area contributed by atoms with Gasteiger partial charge in [0.25, 0.3) is 0 Å². The van der Waals surface area contributed by atoms with Gasteiger partial charge in [-0.1, -0.05) is 236 Å². The van der Waals surface area contributed by atoms with Gasteiger partial charge in [0.05, 0.1) is 19.8 Å². The van der Waals surface area contributed by atoms with Crippen LogP contribution in [0, 0.1) is 0 Å². The fourth-order valence-corrected chi connectivity index (χ4v) is 9.73. The van der Waals surface area contributed by atoms with Crippen LogP contribution in [0.2, 0.25) is 0 Å². The molecule has 0 fully saturated rings. The molecular weight excluding hydrogens is 1000 g/mol. The first-order chi connectivity index (χ1) is 38.2. The zero-order chi connectivity index (χ0) is 56.9. The lowest BCUT2D eigenvalue weighted by Gasteiger charge is -2.21. The average Bonchev–Trinajstić information content (AvgIpc) is 3.43. The van der Waals surface area contributed by atoms with Gasteiger partial charge < -0.3 is 24.2 Å². The molecule has 0 rings (SSSR count). The molecule has 0 saturated carbocycles. The molecule has 0 aromatic heterocycles. The smallest absolute Gasteiger partial charge is 0.462 e. The quantitative estimate of drug-likeness (QED) is 0.0197. The number of aliphatic hydroxyl groups excluding tert-OH is 1. The summed E-state index contributed by atoms with van der Waals surface area (Å²) in [7, 11) is -4.76. The molecule has 0 bridgehead atoms. The number of aliphatic hydroxyl groups is 1. The minimum absolute atomic E-state index is 0.158. The fourth-order valence-electron chi connectivity index (χ4n) is 8.94. The number of hydrogen-bond donors (Lipinski definition) is 2. The zero-order valence-electron chi connectivity index (χ0n) is 50.4. The van der Waals surface area contributed by atoms with E-state index >= 15 is 0 Å². The molecule has 0 saturated heterocycles. The van der Waals surface area contributed by atoms with E-state index in [1.807, 2.05) is 0 Å². The summed E-state index contributed by atoms with van der Waals surface area (Å²) in [6.07, 6.45) is 67.4. The second kappa shape index (κ2) is 60.3. The van der Waals surface area contributed by atoms with Crippen molar-refractivity contribution in [2.45, 2.75) is 315 Å². The molecule has 0 heterocycles. The van der Waals surface area contributed by atoms with E-state index in [-0.39, 0.29) is 25.9 Å². The van der Waals surface area contributed by atoms with Crippen LogP contribution in [0.3, 0.4) is 0 Å². The molecule has 12 heteroatoms. The molecule has 0 aromatic carbocycles. The Morgan fingerprint density at radius 2 is 0.628 bits per heavy atom. The highest BCUT2D eigenvalue weighted by Gasteiger charge is 2.28. The lowest BCUT2D eigenvalue weighted by atomic mass is 10.1. The SMILES string of the molecule is CCCCC/C=C\C/C=C\CCCCCCCCCC(=O)OC(COC(=O)CCCCCCCCCCC/C=C\CCCCCCCC)COP(=O)(O)OCC(CO)OC(=O)CCCCCCC/C=C\C/C=C\CCCCC. The number of phosphoric ester groups is 1. The molecule has 0 radical (unpaired) electrons. The maximum atomic E-state index is 12.9. The highest BCUT2D eigenvalue weighted by atomic mass is 31.2. The fraction of sp³-hybridized carbons (Fsp3) is 0.803. The van der Waals surface area contributed by atoms with Gasteiger partial charge >= 0.3 is 25.7 Å².